The summed E-state index contributed by atoms with van der Waals surface area (Å²) in [5.74, 6) is 0.329. The van der Waals surface area contributed by atoms with Crippen molar-refractivity contribution >= 4 is 10.0 Å². The molecule has 0 amide bonds. The van der Waals surface area contributed by atoms with Gasteiger partial charge in [0.25, 0.3) is 0 Å². The third kappa shape index (κ3) is 3.93. The number of ether oxygens (including phenoxy) is 1. The number of nitrogens with zero attached hydrogens (tertiary/aromatic N) is 2. The second-order valence-electron chi connectivity index (χ2n) is 6.46. The highest BCUT2D eigenvalue weighted by atomic mass is 32.2. The lowest BCUT2D eigenvalue weighted by Crippen LogP contribution is -2.35. The van der Waals surface area contributed by atoms with Gasteiger partial charge in [-0.2, -0.15) is 4.31 Å². The summed E-state index contributed by atoms with van der Waals surface area (Å²) in [5, 5.41) is 0. The van der Waals surface area contributed by atoms with Crippen LogP contribution in [0.4, 0.5) is 0 Å². The van der Waals surface area contributed by atoms with Gasteiger partial charge in [0.2, 0.25) is 10.0 Å². The summed E-state index contributed by atoms with van der Waals surface area (Å²) in [6.07, 6.45) is 3.39. The van der Waals surface area contributed by atoms with Crippen LogP contribution in [0.3, 0.4) is 0 Å². The molecule has 0 fully saturated rings. The van der Waals surface area contributed by atoms with Crippen LogP contribution in [-0.2, 0) is 10.0 Å². The van der Waals surface area contributed by atoms with Gasteiger partial charge in [0.15, 0.2) is 0 Å². The molecule has 1 atom stereocenters. The fraction of sp³-hybridized carbons (Fsp3) is 0.227. The highest BCUT2D eigenvalue weighted by Crippen LogP contribution is 2.35. The van der Waals surface area contributed by atoms with Crippen LogP contribution in [0, 0.1) is 6.92 Å². The Labute approximate surface area is 166 Å². The van der Waals surface area contributed by atoms with Crippen molar-refractivity contribution in [1.29, 1.82) is 0 Å². The van der Waals surface area contributed by atoms with E-state index in [0.29, 0.717) is 12.3 Å². The van der Waals surface area contributed by atoms with Crippen molar-refractivity contribution in [1.82, 2.24) is 9.29 Å². The average molecular weight is 397 g/mol. The van der Waals surface area contributed by atoms with Crippen molar-refractivity contribution in [2.24, 2.45) is 0 Å². The molecule has 0 N–H and O–H groups in total. The minimum absolute atomic E-state index is 0.153. The normalized spacial score (nSPS) is 12.7. The van der Waals surface area contributed by atoms with Crippen molar-refractivity contribution < 1.29 is 13.2 Å². The van der Waals surface area contributed by atoms with E-state index >= 15 is 0 Å². The number of methoxy groups -OCH3 is 1. The number of benzene rings is 2. The molecule has 0 aliphatic carbocycles. The van der Waals surface area contributed by atoms with Crippen LogP contribution in [0.1, 0.15) is 29.7 Å². The largest absolute Gasteiger partial charge is 0.495 e. The first kappa shape index (κ1) is 20.0. The summed E-state index contributed by atoms with van der Waals surface area (Å²) in [5.41, 5.74) is 2.81. The molecular formula is C22H24N2O3S. The van der Waals surface area contributed by atoms with Crippen LogP contribution in [0.2, 0.25) is 0 Å². The minimum Gasteiger partial charge on any atom is -0.495 e. The SMILES string of the molecule is CCN(C(c1ccc(C)cc1)c1cccnc1)S(=O)(=O)c1ccccc1OC. The minimum atomic E-state index is -3.82. The van der Waals surface area contributed by atoms with E-state index in [1.807, 2.05) is 50.2 Å². The lowest BCUT2D eigenvalue weighted by atomic mass is 9.99. The molecule has 0 aliphatic heterocycles. The molecule has 0 radical (unpaired) electrons. The molecular weight excluding hydrogens is 372 g/mol. The van der Waals surface area contributed by atoms with Crippen LogP contribution < -0.4 is 4.74 Å². The van der Waals surface area contributed by atoms with Crippen molar-refractivity contribution in [2.45, 2.75) is 24.8 Å². The molecule has 0 aliphatic rings. The lowest BCUT2D eigenvalue weighted by Gasteiger charge is -2.31. The van der Waals surface area contributed by atoms with Crippen molar-refractivity contribution in [3.8, 4) is 5.75 Å². The van der Waals surface area contributed by atoms with Gasteiger partial charge in [-0.15, -0.1) is 0 Å². The maximum Gasteiger partial charge on any atom is 0.247 e. The van der Waals surface area contributed by atoms with Crippen molar-refractivity contribution in [3.05, 3.63) is 89.7 Å². The molecule has 3 aromatic rings. The molecule has 146 valence electrons. The Balaban J connectivity index is 2.18. The smallest absolute Gasteiger partial charge is 0.247 e. The van der Waals surface area contributed by atoms with Crippen LogP contribution in [0.25, 0.3) is 0 Å². The molecule has 6 heteroatoms. The molecule has 0 saturated carbocycles. The number of sulfonamides is 1. The van der Waals surface area contributed by atoms with Crippen LogP contribution in [0.15, 0.2) is 78.0 Å². The predicted octanol–water partition coefficient (Wildman–Crippen LogP) is 4.20. The summed E-state index contributed by atoms with van der Waals surface area (Å²) >= 11 is 0. The van der Waals surface area contributed by atoms with Gasteiger partial charge in [-0.05, 0) is 36.2 Å². The molecule has 1 aromatic heterocycles. The fourth-order valence-electron chi connectivity index (χ4n) is 3.26. The Bertz CT molecular complexity index is 1020. The number of hydrogen-bond donors (Lipinski definition) is 0. The second kappa shape index (κ2) is 8.54. The van der Waals surface area contributed by atoms with E-state index in [2.05, 4.69) is 4.98 Å². The molecule has 0 saturated heterocycles. The predicted molar refractivity (Wildman–Crippen MR) is 110 cm³/mol. The Kier molecular flexibility index (Phi) is 6.11. The molecule has 1 heterocycles. The molecule has 5 nitrogen and oxygen atoms in total. The van der Waals surface area contributed by atoms with Gasteiger partial charge in [-0.1, -0.05) is 55.0 Å². The molecule has 2 aromatic carbocycles. The first-order valence-electron chi connectivity index (χ1n) is 9.10. The van der Waals surface area contributed by atoms with Gasteiger partial charge in [-0.25, -0.2) is 8.42 Å². The van der Waals surface area contributed by atoms with Gasteiger partial charge in [0.05, 0.1) is 13.2 Å². The molecule has 0 bridgehead atoms. The van der Waals surface area contributed by atoms with Crippen LogP contribution >= 0.6 is 0 Å². The van der Waals surface area contributed by atoms with Gasteiger partial charge in [0.1, 0.15) is 10.6 Å². The highest BCUT2D eigenvalue weighted by Gasteiger charge is 2.34. The topological polar surface area (TPSA) is 59.5 Å². The van der Waals surface area contributed by atoms with E-state index in [1.54, 1.807) is 36.7 Å². The van der Waals surface area contributed by atoms with E-state index in [1.165, 1.54) is 11.4 Å². The first-order chi connectivity index (χ1) is 13.5. The zero-order valence-electron chi connectivity index (χ0n) is 16.2. The maximum absolute atomic E-state index is 13.6. The number of aromatic nitrogens is 1. The third-order valence-corrected chi connectivity index (χ3v) is 6.63. The van der Waals surface area contributed by atoms with E-state index in [-0.39, 0.29) is 4.90 Å². The van der Waals surface area contributed by atoms with Gasteiger partial charge in [0, 0.05) is 18.9 Å². The van der Waals surface area contributed by atoms with Gasteiger partial charge < -0.3 is 4.74 Å². The summed E-state index contributed by atoms with van der Waals surface area (Å²) in [4.78, 5) is 4.36. The zero-order valence-corrected chi connectivity index (χ0v) is 17.1. The molecule has 1 unspecified atom stereocenters. The summed E-state index contributed by atoms with van der Waals surface area (Å²) in [6, 6.07) is 17.8. The van der Waals surface area contributed by atoms with Crippen LogP contribution in [-0.4, -0.2) is 31.4 Å². The summed E-state index contributed by atoms with van der Waals surface area (Å²) in [7, 11) is -2.34. The standard InChI is InChI=1S/C22H24N2O3S/c1-4-24(28(25,26)21-10-6-5-9-20(21)27-3)22(19-8-7-15-23-16-19)18-13-11-17(2)12-14-18/h5-16,22H,4H2,1-3H3. The van der Waals surface area contributed by atoms with E-state index in [0.717, 1.165) is 16.7 Å². The zero-order chi connectivity index (χ0) is 20.1. The lowest BCUT2D eigenvalue weighted by molar-refractivity contribution is 0.366. The Hall–Kier alpha value is -2.70. The molecule has 0 spiro atoms. The Morgan fingerprint density at radius 1 is 1.00 bits per heavy atom. The van der Waals surface area contributed by atoms with Crippen molar-refractivity contribution in [2.75, 3.05) is 13.7 Å². The molecule has 3 rings (SSSR count). The van der Waals surface area contributed by atoms with Gasteiger partial charge >= 0.3 is 0 Å². The van der Waals surface area contributed by atoms with E-state index in [9.17, 15) is 8.42 Å². The Morgan fingerprint density at radius 3 is 2.32 bits per heavy atom. The van der Waals surface area contributed by atoms with Gasteiger partial charge in [-0.3, -0.25) is 4.98 Å². The highest BCUT2D eigenvalue weighted by molar-refractivity contribution is 7.89. The van der Waals surface area contributed by atoms with E-state index < -0.39 is 16.1 Å². The van der Waals surface area contributed by atoms with Crippen LogP contribution in [0.5, 0.6) is 5.75 Å². The summed E-state index contributed by atoms with van der Waals surface area (Å²) < 4.78 is 34.1. The summed E-state index contributed by atoms with van der Waals surface area (Å²) in [6.45, 7) is 4.14. The average Bonchev–Trinajstić information content (AvgIpc) is 2.73. The van der Waals surface area contributed by atoms with Crippen molar-refractivity contribution in [3.63, 3.8) is 0 Å². The third-order valence-electron chi connectivity index (χ3n) is 4.65. The fourth-order valence-corrected chi connectivity index (χ4v) is 5.03. The quantitative estimate of drug-likeness (QED) is 0.601. The maximum atomic E-state index is 13.6. The Morgan fingerprint density at radius 2 is 1.71 bits per heavy atom. The number of rotatable bonds is 7. The van der Waals surface area contributed by atoms with E-state index in [4.69, 9.17) is 4.74 Å². The monoisotopic (exact) mass is 396 g/mol. The number of hydrogen-bond acceptors (Lipinski definition) is 4. The second-order valence-corrected chi connectivity index (χ2v) is 8.32. The first-order valence-corrected chi connectivity index (χ1v) is 10.5. The molecule has 28 heavy (non-hydrogen) atoms. The number of pyridine rings is 1. The number of para-hydroxylation sites is 1. The number of aryl methyl sites for hydroxylation is 1.